The third-order valence-corrected chi connectivity index (χ3v) is 7.89. The van der Waals surface area contributed by atoms with Crippen molar-refractivity contribution < 1.29 is 58.7 Å². The lowest BCUT2D eigenvalue weighted by atomic mass is 9.98. The summed E-state index contributed by atoms with van der Waals surface area (Å²) in [6.07, 6.45) is -1.31. The van der Waals surface area contributed by atoms with Crippen LogP contribution in [0.4, 0.5) is 5.69 Å². The molecule has 1 atom stereocenters. The molecule has 4 rings (SSSR count). The van der Waals surface area contributed by atoms with Crippen LogP contribution in [0.5, 0.6) is 17.2 Å². The van der Waals surface area contributed by atoms with Crippen LogP contribution in [-0.2, 0) is 38.4 Å². The second-order valence-electron chi connectivity index (χ2n) is 11.9. The maximum Gasteiger partial charge on any atom is 0.343 e. The summed E-state index contributed by atoms with van der Waals surface area (Å²) in [5.74, 6) is -7.15. The molecule has 3 aromatic carbocycles. The Morgan fingerprint density at radius 3 is 2.25 bits per heavy atom. The molecule has 0 saturated heterocycles. The van der Waals surface area contributed by atoms with E-state index in [1.807, 2.05) is 0 Å². The summed E-state index contributed by atoms with van der Waals surface area (Å²) in [6, 6.07) is 10.5. The van der Waals surface area contributed by atoms with Crippen molar-refractivity contribution in [3.8, 4) is 17.2 Å². The number of rotatable bonds is 14. The Morgan fingerprint density at radius 1 is 0.923 bits per heavy atom. The van der Waals surface area contributed by atoms with Crippen LogP contribution in [0, 0.1) is 5.41 Å². The van der Waals surface area contributed by atoms with Crippen LogP contribution in [-0.4, -0.2) is 80.8 Å². The molecule has 2 amide bonds. The van der Waals surface area contributed by atoms with Crippen molar-refractivity contribution in [2.45, 2.75) is 57.0 Å². The van der Waals surface area contributed by atoms with Crippen LogP contribution in [0.15, 0.2) is 54.6 Å². The van der Waals surface area contributed by atoms with Crippen molar-refractivity contribution in [3.05, 3.63) is 82.4 Å². The molecule has 0 spiro atoms. The molecule has 17 heteroatoms. The fourth-order valence-electron chi connectivity index (χ4n) is 5.55. The number of carboxylic acid groups (broad SMARTS) is 3. The van der Waals surface area contributed by atoms with Gasteiger partial charge in [0.25, 0.3) is 5.91 Å². The lowest BCUT2D eigenvalue weighted by Gasteiger charge is -2.22. The second-order valence-corrected chi connectivity index (χ2v) is 11.9. The molecule has 1 unspecified atom stereocenters. The van der Waals surface area contributed by atoms with Crippen LogP contribution < -0.4 is 31.2 Å². The van der Waals surface area contributed by atoms with Gasteiger partial charge in [-0.25, -0.2) is 9.59 Å². The van der Waals surface area contributed by atoms with Crippen molar-refractivity contribution in [3.63, 3.8) is 0 Å². The van der Waals surface area contributed by atoms with Gasteiger partial charge in [0.2, 0.25) is 5.91 Å². The highest BCUT2D eigenvalue weighted by Gasteiger charge is 2.29. The number of carbonyl (C=O) groups is 6. The molecule has 1 aliphatic heterocycles. The van der Waals surface area contributed by atoms with Crippen LogP contribution in [0.25, 0.3) is 0 Å². The van der Waals surface area contributed by atoms with E-state index in [0.717, 1.165) is 0 Å². The van der Waals surface area contributed by atoms with E-state index in [0.29, 0.717) is 29.7 Å². The molecule has 0 radical (unpaired) electrons. The van der Waals surface area contributed by atoms with E-state index in [4.69, 9.17) is 30.8 Å². The standard InChI is InChI=1S/C35H37N5O12/c36-35(37)39-21-7-10-24-20(15-21)2-1-13-51-31-26(52-34(24)50)11-5-19(6-12-27(42)38-22(16-28(43)44)17-29(45)46)30(31)32(47)40-25(33(48)49)14-18-3-8-23(41)9-4-18/h3-5,7-11,15,22,25,41H,1-2,6,12-14,16-17H2,(H,38,42)(H,40,47)(H,43,44)(H,45,46)(H,48,49)(H4,36,37,39). The lowest BCUT2D eigenvalue weighted by Crippen LogP contribution is -2.43. The predicted molar refractivity (Wildman–Crippen MR) is 183 cm³/mol. The van der Waals surface area contributed by atoms with Gasteiger partial charge in [-0.05, 0) is 72.4 Å². The minimum absolute atomic E-state index is 0.000495. The molecule has 17 nitrogen and oxygen atoms in total. The number of benzene rings is 3. The van der Waals surface area contributed by atoms with E-state index >= 15 is 0 Å². The number of carboxylic acids is 3. The topological polar surface area (TPSA) is 288 Å². The summed E-state index contributed by atoms with van der Waals surface area (Å²) in [7, 11) is 0. The molecule has 0 aliphatic carbocycles. The van der Waals surface area contributed by atoms with Gasteiger partial charge in [-0.2, -0.15) is 0 Å². The van der Waals surface area contributed by atoms with Crippen molar-refractivity contribution in [1.29, 1.82) is 5.41 Å². The smallest absolute Gasteiger partial charge is 0.343 e. The number of phenols is 1. The Labute approximate surface area is 296 Å². The average Bonchev–Trinajstić information content (AvgIpc) is 3.05. The zero-order valence-corrected chi connectivity index (χ0v) is 27.6. The molecule has 0 bridgehead atoms. The number of esters is 1. The summed E-state index contributed by atoms with van der Waals surface area (Å²) in [5.41, 5.74) is 7.14. The predicted octanol–water partition coefficient (Wildman–Crippen LogP) is 2.03. The fraction of sp³-hybridized carbons (Fsp3) is 0.286. The van der Waals surface area contributed by atoms with Crippen LogP contribution in [0.1, 0.15) is 63.1 Å². The van der Waals surface area contributed by atoms with Crippen LogP contribution in [0.3, 0.4) is 0 Å². The van der Waals surface area contributed by atoms with E-state index in [1.54, 1.807) is 6.07 Å². The number of fused-ring (bicyclic) bond motifs is 2. The minimum atomic E-state index is -1.47. The molecular weight excluding hydrogens is 682 g/mol. The Balaban J connectivity index is 1.69. The highest BCUT2D eigenvalue weighted by atomic mass is 16.6. The van der Waals surface area contributed by atoms with Crippen molar-refractivity contribution in [2.24, 2.45) is 5.73 Å². The molecule has 3 aromatic rings. The van der Waals surface area contributed by atoms with Gasteiger partial charge in [0.05, 0.1) is 30.6 Å². The van der Waals surface area contributed by atoms with E-state index in [2.05, 4.69) is 16.0 Å². The molecule has 0 aromatic heterocycles. The number of guanidine groups is 1. The maximum absolute atomic E-state index is 14.0. The number of nitrogens with two attached hydrogens (primary N) is 1. The first-order valence-corrected chi connectivity index (χ1v) is 16.0. The van der Waals surface area contributed by atoms with E-state index in [9.17, 15) is 39.0 Å². The van der Waals surface area contributed by atoms with Gasteiger partial charge < -0.3 is 51.6 Å². The van der Waals surface area contributed by atoms with E-state index in [1.165, 1.54) is 48.5 Å². The highest BCUT2D eigenvalue weighted by molar-refractivity contribution is 6.02. The van der Waals surface area contributed by atoms with Crippen LogP contribution in [0.2, 0.25) is 0 Å². The number of anilines is 1. The number of aromatic hydroxyl groups is 1. The monoisotopic (exact) mass is 719 g/mol. The zero-order chi connectivity index (χ0) is 37.9. The van der Waals surface area contributed by atoms with E-state index in [-0.39, 0.29) is 65.8 Å². The molecule has 52 heavy (non-hydrogen) atoms. The van der Waals surface area contributed by atoms with Gasteiger partial charge in [0.15, 0.2) is 17.5 Å². The lowest BCUT2D eigenvalue weighted by molar-refractivity contribution is -0.141. The molecular formula is C35H37N5O12. The number of hydrogen-bond donors (Lipinski definition) is 9. The van der Waals surface area contributed by atoms with Gasteiger partial charge in [-0.3, -0.25) is 24.6 Å². The number of aliphatic carboxylic acids is 3. The first-order chi connectivity index (χ1) is 24.7. The number of phenolic OH excluding ortho intramolecular Hbond substituents is 1. The van der Waals surface area contributed by atoms with Gasteiger partial charge in [0, 0.05) is 24.6 Å². The average molecular weight is 720 g/mol. The molecule has 10 N–H and O–H groups in total. The third-order valence-electron chi connectivity index (χ3n) is 7.89. The summed E-state index contributed by atoms with van der Waals surface area (Å²) in [6.45, 7) is 0.000495. The SMILES string of the molecule is N=C(N)Nc1ccc2c(c1)CCCOc1c(ccc(CCC(=O)NC(CC(=O)O)CC(=O)O)c1C(=O)NC(Cc1ccc(O)cc1)C(=O)O)OC2=O. The fourth-order valence-corrected chi connectivity index (χ4v) is 5.55. The molecule has 1 heterocycles. The second kappa shape index (κ2) is 17.3. The number of ether oxygens (including phenoxy) is 2. The number of aryl methyl sites for hydroxylation is 2. The number of amides is 2. The number of hydrogen-bond acceptors (Lipinski definition) is 10. The maximum atomic E-state index is 14.0. The van der Waals surface area contributed by atoms with E-state index < -0.39 is 60.6 Å². The Morgan fingerprint density at radius 2 is 1.62 bits per heavy atom. The number of carbonyl (C=O) groups excluding carboxylic acids is 3. The van der Waals surface area contributed by atoms with Crippen molar-refractivity contribution in [1.82, 2.24) is 10.6 Å². The third kappa shape index (κ3) is 10.7. The van der Waals surface area contributed by atoms with Gasteiger partial charge in [-0.1, -0.05) is 18.2 Å². The number of nitrogens with one attached hydrogen (secondary N) is 4. The van der Waals surface area contributed by atoms with Gasteiger partial charge in [0.1, 0.15) is 11.8 Å². The van der Waals surface area contributed by atoms with Crippen LogP contribution >= 0.6 is 0 Å². The molecule has 274 valence electrons. The summed E-state index contributed by atoms with van der Waals surface area (Å²) >= 11 is 0. The van der Waals surface area contributed by atoms with Gasteiger partial charge in [-0.15, -0.1) is 0 Å². The van der Waals surface area contributed by atoms with Gasteiger partial charge >= 0.3 is 23.9 Å². The molecule has 0 fully saturated rings. The molecule has 0 saturated carbocycles. The summed E-state index contributed by atoms with van der Waals surface area (Å²) in [4.78, 5) is 75.0. The Kier molecular flexibility index (Phi) is 12.7. The highest BCUT2D eigenvalue weighted by Crippen LogP contribution is 2.37. The minimum Gasteiger partial charge on any atom is -0.508 e. The summed E-state index contributed by atoms with van der Waals surface area (Å²) in [5, 5.41) is 52.9. The van der Waals surface area contributed by atoms with Crippen molar-refractivity contribution >= 4 is 47.3 Å². The Hall–Kier alpha value is -6.65. The quantitative estimate of drug-likeness (QED) is 0.0499. The Bertz CT molecular complexity index is 1860. The zero-order valence-electron chi connectivity index (χ0n) is 27.6. The first-order valence-electron chi connectivity index (χ1n) is 16.0. The largest absolute Gasteiger partial charge is 0.508 e. The first kappa shape index (κ1) is 38.2. The van der Waals surface area contributed by atoms with Crippen molar-refractivity contribution in [2.75, 3.05) is 11.9 Å². The summed E-state index contributed by atoms with van der Waals surface area (Å²) < 4.78 is 11.7. The molecule has 1 aliphatic rings. The normalized spacial score (nSPS) is 12.9.